The highest BCUT2D eigenvalue weighted by Crippen LogP contribution is 2.17. The lowest BCUT2D eigenvalue weighted by atomic mass is 10.1. The van der Waals surface area contributed by atoms with E-state index in [0.717, 1.165) is 18.8 Å². The SMILES string of the molecule is CC(N)Cc1cccnc1N(C)CCOC(C)C. The topological polar surface area (TPSA) is 51.4 Å². The molecule has 0 bridgehead atoms. The van der Waals surface area contributed by atoms with Gasteiger partial charge in [0.25, 0.3) is 0 Å². The van der Waals surface area contributed by atoms with Crippen LogP contribution in [0.3, 0.4) is 0 Å². The molecule has 1 atom stereocenters. The zero-order valence-corrected chi connectivity index (χ0v) is 11.9. The quantitative estimate of drug-likeness (QED) is 0.803. The van der Waals surface area contributed by atoms with Crippen LogP contribution < -0.4 is 10.6 Å². The number of anilines is 1. The molecule has 102 valence electrons. The number of hydrogen-bond acceptors (Lipinski definition) is 4. The van der Waals surface area contributed by atoms with Crippen LogP contribution in [0.1, 0.15) is 26.3 Å². The molecule has 0 radical (unpaired) electrons. The molecule has 0 aliphatic carbocycles. The highest BCUT2D eigenvalue weighted by atomic mass is 16.5. The molecule has 18 heavy (non-hydrogen) atoms. The molecular formula is C14H25N3O. The van der Waals surface area contributed by atoms with Crippen LogP contribution in [0.25, 0.3) is 0 Å². The van der Waals surface area contributed by atoms with Gasteiger partial charge in [0.1, 0.15) is 5.82 Å². The van der Waals surface area contributed by atoms with E-state index in [0.29, 0.717) is 6.61 Å². The van der Waals surface area contributed by atoms with Gasteiger partial charge in [0.05, 0.1) is 12.7 Å². The first-order valence-electron chi connectivity index (χ1n) is 6.53. The third-order valence-corrected chi connectivity index (χ3v) is 2.65. The van der Waals surface area contributed by atoms with E-state index in [1.807, 2.05) is 40.1 Å². The summed E-state index contributed by atoms with van der Waals surface area (Å²) in [6.07, 6.45) is 2.93. The summed E-state index contributed by atoms with van der Waals surface area (Å²) >= 11 is 0. The number of hydrogen-bond donors (Lipinski definition) is 1. The molecule has 2 N–H and O–H groups in total. The van der Waals surface area contributed by atoms with Crippen molar-refractivity contribution in [1.82, 2.24) is 4.98 Å². The first-order chi connectivity index (χ1) is 8.50. The lowest BCUT2D eigenvalue weighted by Crippen LogP contribution is -2.27. The van der Waals surface area contributed by atoms with Crippen molar-refractivity contribution in [3.05, 3.63) is 23.9 Å². The van der Waals surface area contributed by atoms with E-state index in [9.17, 15) is 0 Å². The Balaban J connectivity index is 2.63. The van der Waals surface area contributed by atoms with E-state index < -0.39 is 0 Å². The fourth-order valence-electron chi connectivity index (χ4n) is 1.81. The molecule has 0 aliphatic rings. The van der Waals surface area contributed by atoms with E-state index >= 15 is 0 Å². The lowest BCUT2D eigenvalue weighted by Gasteiger charge is -2.22. The van der Waals surface area contributed by atoms with Gasteiger partial charge in [0.2, 0.25) is 0 Å². The zero-order valence-electron chi connectivity index (χ0n) is 11.9. The zero-order chi connectivity index (χ0) is 13.5. The van der Waals surface area contributed by atoms with Gasteiger partial charge >= 0.3 is 0 Å². The van der Waals surface area contributed by atoms with Gasteiger partial charge in [0, 0.05) is 25.8 Å². The second-order valence-electron chi connectivity index (χ2n) is 5.01. The van der Waals surface area contributed by atoms with Crippen molar-refractivity contribution >= 4 is 5.82 Å². The van der Waals surface area contributed by atoms with Crippen LogP contribution in [0.15, 0.2) is 18.3 Å². The molecule has 4 heteroatoms. The van der Waals surface area contributed by atoms with Gasteiger partial charge in [-0.3, -0.25) is 0 Å². The Kier molecular flexibility index (Phi) is 6.09. The van der Waals surface area contributed by atoms with Gasteiger partial charge in [-0.05, 0) is 38.8 Å². The summed E-state index contributed by atoms with van der Waals surface area (Å²) in [5.41, 5.74) is 7.06. The third-order valence-electron chi connectivity index (χ3n) is 2.65. The summed E-state index contributed by atoms with van der Waals surface area (Å²) in [4.78, 5) is 6.57. The number of nitrogens with two attached hydrogens (primary N) is 1. The maximum absolute atomic E-state index is 5.86. The number of rotatable bonds is 7. The minimum Gasteiger partial charge on any atom is -0.377 e. The van der Waals surface area contributed by atoms with Gasteiger partial charge in [0.15, 0.2) is 0 Å². The van der Waals surface area contributed by atoms with Gasteiger partial charge in [-0.25, -0.2) is 4.98 Å². The molecule has 0 saturated carbocycles. The number of likely N-dealkylation sites (N-methyl/N-ethyl adjacent to an activating group) is 1. The predicted octanol–water partition coefficient (Wildman–Crippen LogP) is 1.83. The van der Waals surface area contributed by atoms with Gasteiger partial charge < -0.3 is 15.4 Å². The molecular weight excluding hydrogens is 226 g/mol. The summed E-state index contributed by atoms with van der Waals surface area (Å²) in [7, 11) is 2.04. The maximum atomic E-state index is 5.86. The number of ether oxygens (including phenoxy) is 1. The summed E-state index contributed by atoms with van der Waals surface area (Å²) in [5.74, 6) is 1.00. The van der Waals surface area contributed by atoms with E-state index in [1.165, 1.54) is 5.56 Å². The molecule has 0 aliphatic heterocycles. The van der Waals surface area contributed by atoms with Crippen LogP contribution in [0.2, 0.25) is 0 Å². The Labute approximate surface area is 110 Å². The molecule has 0 aromatic carbocycles. The van der Waals surface area contributed by atoms with E-state index in [4.69, 9.17) is 10.5 Å². The van der Waals surface area contributed by atoms with Crippen molar-refractivity contribution in [2.75, 3.05) is 25.1 Å². The fourth-order valence-corrected chi connectivity index (χ4v) is 1.81. The molecule has 1 heterocycles. The Morgan fingerprint density at radius 1 is 1.39 bits per heavy atom. The summed E-state index contributed by atoms with van der Waals surface area (Å²) in [6.45, 7) is 7.65. The van der Waals surface area contributed by atoms with Crippen molar-refractivity contribution in [3.63, 3.8) is 0 Å². The summed E-state index contributed by atoms with van der Waals surface area (Å²) < 4.78 is 5.56. The van der Waals surface area contributed by atoms with E-state index in [1.54, 1.807) is 0 Å². The first-order valence-corrected chi connectivity index (χ1v) is 6.53. The highest BCUT2D eigenvalue weighted by Gasteiger charge is 2.10. The Hall–Kier alpha value is -1.13. The molecule has 0 amide bonds. The molecule has 0 saturated heterocycles. The van der Waals surface area contributed by atoms with Crippen LogP contribution in [0.4, 0.5) is 5.82 Å². The van der Waals surface area contributed by atoms with Crippen molar-refractivity contribution in [2.45, 2.75) is 39.3 Å². The normalized spacial score (nSPS) is 12.8. The maximum Gasteiger partial charge on any atom is 0.131 e. The second-order valence-corrected chi connectivity index (χ2v) is 5.01. The van der Waals surface area contributed by atoms with Gasteiger partial charge in [-0.2, -0.15) is 0 Å². The van der Waals surface area contributed by atoms with Crippen LogP contribution in [-0.2, 0) is 11.2 Å². The predicted molar refractivity (Wildman–Crippen MR) is 75.9 cm³/mol. The van der Waals surface area contributed by atoms with Crippen LogP contribution in [-0.4, -0.2) is 37.3 Å². The van der Waals surface area contributed by atoms with Crippen LogP contribution in [0, 0.1) is 0 Å². The van der Waals surface area contributed by atoms with E-state index in [2.05, 4.69) is 16.0 Å². The minimum absolute atomic E-state index is 0.147. The molecule has 1 unspecified atom stereocenters. The summed E-state index contributed by atoms with van der Waals surface area (Å²) in [5, 5.41) is 0. The first kappa shape index (κ1) is 14.9. The summed E-state index contributed by atoms with van der Waals surface area (Å²) in [6, 6.07) is 4.19. The lowest BCUT2D eigenvalue weighted by molar-refractivity contribution is 0.0845. The molecule has 0 fully saturated rings. The largest absolute Gasteiger partial charge is 0.377 e. The monoisotopic (exact) mass is 251 g/mol. The average molecular weight is 251 g/mol. The van der Waals surface area contributed by atoms with Crippen LogP contribution in [0.5, 0.6) is 0 Å². The highest BCUT2D eigenvalue weighted by molar-refractivity contribution is 5.46. The Bertz CT molecular complexity index is 353. The molecule has 4 nitrogen and oxygen atoms in total. The van der Waals surface area contributed by atoms with Gasteiger partial charge in [-0.15, -0.1) is 0 Å². The minimum atomic E-state index is 0.147. The van der Waals surface area contributed by atoms with Crippen molar-refractivity contribution in [2.24, 2.45) is 5.73 Å². The standard InChI is InChI=1S/C14H25N3O/c1-11(2)18-9-8-17(4)14-13(10-12(3)15)6-5-7-16-14/h5-7,11-12H,8-10,15H2,1-4H3. The fraction of sp³-hybridized carbons (Fsp3) is 0.643. The third kappa shape index (κ3) is 5.02. The number of nitrogens with zero attached hydrogens (tertiary/aromatic N) is 2. The Morgan fingerprint density at radius 3 is 2.72 bits per heavy atom. The van der Waals surface area contributed by atoms with Crippen molar-refractivity contribution < 1.29 is 4.74 Å². The molecule has 0 spiro atoms. The van der Waals surface area contributed by atoms with Crippen molar-refractivity contribution in [3.8, 4) is 0 Å². The smallest absolute Gasteiger partial charge is 0.131 e. The molecule has 1 aromatic rings. The molecule has 1 rings (SSSR count). The van der Waals surface area contributed by atoms with Gasteiger partial charge in [-0.1, -0.05) is 6.07 Å². The number of pyridine rings is 1. The molecule has 1 aromatic heterocycles. The van der Waals surface area contributed by atoms with Crippen LogP contribution >= 0.6 is 0 Å². The average Bonchev–Trinajstić information content (AvgIpc) is 2.28. The number of aromatic nitrogens is 1. The van der Waals surface area contributed by atoms with Crippen molar-refractivity contribution in [1.29, 1.82) is 0 Å². The second kappa shape index (κ2) is 7.34. The van der Waals surface area contributed by atoms with E-state index in [-0.39, 0.29) is 12.1 Å². The Morgan fingerprint density at radius 2 is 2.11 bits per heavy atom.